The number of rotatable bonds is 5. The Kier molecular flexibility index (Phi) is 6.07. The van der Waals surface area contributed by atoms with Gasteiger partial charge in [0.25, 0.3) is 0 Å². The molecular formula is C20H24FN3O2. The number of halogens is 1. The number of urea groups is 1. The summed E-state index contributed by atoms with van der Waals surface area (Å²) in [6, 6.07) is 16.0. The monoisotopic (exact) mass is 357 g/mol. The molecular weight excluding hydrogens is 333 g/mol. The number of nitrogens with zero attached hydrogens (tertiary/aromatic N) is 1. The normalized spacial score (nSPS) is 16.2. The summed E-state index contributed by atoms with van der Waals surface area (Å²) in [5.41, 5.74) is 1.38. The summed E-state index contributed by atoms with van der Waals surface area (Å²) in [6.07, 6.45) is 0.651. The molecule has 0 radical (unpaired) electrons. The van der Waals surface area contributed by atoms with Crippen molar-refractivity contribution in [3.05, 3.63) is 66.0 Å². The average molecular weight is 357 g/mol. The quantitative estimate of drug-likeness (QED) is 0.771. The Hall–Kier alpha value is -2.60. The minimum absolute atomic E-state index is 0.0321. The third kappa shape index (κ3) is 4.73. The minimum atomic E-state index is -1.07. The van der Waals surface area contributed by atoms with Crippen LogP contribution in [0, 0.1) is 5.82 Å². The summed E-state index contributed by atoms with van der Waals surface area (Å²) in [4.78, 5) is 14.3. The van der Waals surface area contributed by atoms with Crippen LogP contribution in [0.3, 0.4) is 0 Å². The van der Waals surface area contributed by atoms with Crippen LogP contribution >= 0.6 is 0 Å². The van der Waals surface area contributed by atoms with Crippen molar-refractivity contribution in [3.63, 3.8) is 0 Å². The van der Waals surface area contributed by atoms with Crippen LogP contribution in [0.5, 0.6) is 0 Å². The number of hydrogen-bond acceptors (Lipinski definition) is 3. The maximum Gasteiger partial charge on any atom is 0.315 e. The summed E-state index contributed by atoms with van der Waals surface area (Å²) in [7, 11) is 0. The van der Waals surface area contributed by atoms with Crippen LogP contribution in [0.15, 0.2) is 54.6 Å². The van der Waals surface area contributed by atoms with Crippen molar-refractivity contribution in [2.45, 2.75) is 25.0 Å². The number of piperidine rings is 1. The molecule has 1 aliphatic heterocycles. The maximum atomic E-state index is 13.6. The third-order valence-electron chi connectivity index (χ3n) is 4.67. The number of aliphatic hydroxyl groups excluding tert-OH is 1. The highest BCUT2D eigenvalue weighted by atomic mass is 19.1. The summed E-state index contributed by atoms with van der Waals surface area (Å²) in [5.74, 6) is -0.476. The van der Waals surface area contributed by atoms with Crippen molar-refractivity contribution in [2.75, 3.05) is 24.5 Å². The summed E-state index contributed by atoms with van der Waals surface area (Å²) in [5, 5.41) is 15.6. The molecule has 5 nitrogen and oxygen atoms in total. The number of nitrogens with one attached hydrogen (secondary N) is 2. The fourth-order valence-corrected chi connectivity index (χ4v) is 3.20. The average Bonchev–Trinajstić information content (AvgIpc) is 2.68. The smallest absolute Gasteiger partial charge is 0.315 e. The number of carbonyl (C=O) groups is 1. The van der Waals surface area contributed by atoms with Crippen LogP contribution in [0.4, 0.5) is 14.9 Å². The zero-order valence-electron chi connectivity index (χ0n) is 14.6. The lowest BCUT2D eigenvalue weighted by molar-refractivity contribution is 0.168. The van der Waals surface area contributed by atoms with Gasteiger partial charge in [0.1, 0.15) is 5.82 Å². The molecule has 2 aromatic rings. The lowest BCUT2D eigenvalue weighted by atomic mass is 10.0. The highest BCUT2D eigenvalue weighted by molar-refractivity contribution is 5.74. The number of amides is 2. The van der Waals surface area contributed by atoms with Gasteiger partial charge in [-0.3, -0.25) is 0 Å². The predicted octanol–water partition coefficient (Wildman–Crippen LogP) is 2.83. The molecule has 1 fully saturated rings. The van der Waals surface area contributed by atoms with E-state index in [0.717, 1.165) is 25.9 Å². The standard InChI is InChI=1S/C20H24FN3O2/c21-18-9-5-4-8-17(18)19(25)14-22-20(26)23-15-10-12-24(13-11-15)16-6-2-1-3-7-16/h1-9,15,19,25H,10-14H2,(H2,22,23,26). The number of benzene rings is 2. The lowest BCUT2D eigenvalue weighted by Crippen LogP contribution is -2.48. The molecule has 0 aromatic heterocycles. The maximum absolute atomic E-state index is 13.6. The zero-order valence-corrected chi connectivity index (χ0v) is 14.6. The van der Waals surface area contributed by atoms with Crippen LogP contribution < -0.4 is 15.5 Å². The first kappa shape index (κ1) is 18.2. The second-order valence-corrected chi connectivity index (χ2v) is 6.49. The first-order valence-corrected chi connectivity index (χ1v) is 8.90. The Morgan fingerprint density at radius 2 is 1.77 bits per heavy atom. The Balaban J connectivity index is 1.41. The molecule has 1 unspecified atom stereocenters. The molecule has 6 heteroatoms. The fraction of sp³-hybridized carbons (Fsp3) is 0.350. The van der Waals surface area contributed by atoms with Crippen LogP contribution in [0.25, 0.3) is 0 Å². The molecule has 2 aromatic carbocycles. The molecule has 0 spiro atoms. The molecule has 3 N–H and O–H groups in total. The zero-order chi connectivity index (χ0) is 18.4. The summed E-state index contributed by atoms with van der Waals surface area (Å²) in [6.45, 7) is 1.73. The van der Waals surface area contributed by atoms with Gasteiger partial charge in [0.15, 0.2) is 0 Å². The van der Waals surface area contributed by atoms with E-state index in [-0.39, 0.29) is 24.2 Å². The first-order chi connectivity index (χ1) is 12.6. The molecule has 1 aliphatic rings. The molecule has 0 bridgehead atoms. The van der Waals surface area contributed by atoms with E-state index >= 15 is 0 Å². The molecule has 26 heavy (non-hydrogen) atoms. The van der Waals surface area contributed by atoms with Gasteiger partial charge in [0.05, 0.1) is 6.10 Å². The Bertz CT molecular complexity index is 718. The van der Waals surface area contributed by atoms with Crippen molar-refractivity contribution in [2.24, 2.45) is 0 Å². The van der Waals surface area contributed by atoms with Gasteiger partial charge in [-0.05, 0) is 31.0 Å². The van der Waals surface area contributed by atoms with Gasteiger partial charge in [-0.2, -0.15) is 0 Å². The highest BCUT2D eigenvalue weighted by Gasteiger charge is 2.21. The van der Waals surface area contributed by atoms with Gasteiger partial charge in [0, 0.05) is 36.9 Å². The van der Waals surface area contributed by atoms with Gasteiger partial charge >= 0.3 is 6.03 Å². The van der Waals surface area contributed by atoms with E-state index in [9.17, 15) is 14.3 Å². The van der Waals surface area contributed by atoms with E-state index in [4.69, 9.17) is 0 Å². The number of hydrogen-bond donors (Lipinski definition) is 3. The van der Waals surface area contributed by atoms with Crippen molar-refractivity contribution in [3.8, 4) is 0 Å². The van der Waals surface area contributed by atoms with E-state index in [1.54, 1.807) is 12.1 Å². The fourth-order valence-electron chi connectivity index (χ4n) is 3.20. The topological polar surface area (TPSA) is 64.6 Å². The second kappa shape index (κ2) is 8.67. The largest absolute Gasteiger partial charge is 0.386 e. The van der Waals surface area contributed by atoms with Gasteiger partial charge in [0.2, 0.25) is 0 Å². The lowest BCUT2D eigenvalue weighted by Gasteiger charge is -2.34. The van der Waals surface area contributed by atoms with Crippen LogP contribution in [-0.4, -0.2) is 36.8 Å². The van der Waals surface area contributed by atoms with Crippen molar-refractivity contribution >= 4 is 11.7 Å². The third-order valence-corrected chi connectivity index (χ3v) is 4.67. The number of para-hydroxylation sites is 1. The van der Waals surface area contributed by atoms with Crippen molar-refractivity contribution < 1.29 is 14.3 Å². The van der Waals surface area contributed by atoms with Crippen LogP contribution in [-0.2, 0) is 0 Å². The molecule has 138 valence electrons. The van der Waals surface area contributed by atoms with E-state index in [0.29, 0.717) is 0 Å². The van der Waals surface area contributed by atoms with E-state index in [1.807, 2.05) is 18.2 Å². The molecule has 1 heterocycles. The molecule has 1 saturated heterocycles. The Labute approximate surface area is 152 Å². The number of anilines is 1. The second-order valence-electron chi connectivity index (χ2n) is 6.49. The first-order valence-electron chi connectivity index (χ1n) is 8.90. The Morgan fingerprint density at radius 3 is 2.46 bits per heavy atom. The molecule has 0 aliphatic carbocycles. The minimum Gasteiger partial charge on any atom is -0.386 e. The molecule has 0 saturated carbocycles. The molecule has 2 amide bonds. The van der Waals surface area contributed by atoms with Gasteiger partial charge < -0.3 is 20.6 Å². The highest BCUT2D eigenvalue weighted by Crippen LogP contribution is 2.19. The SMILES string of the molecule is O=C(NCC(O)c1ccccc1F)NC1CCN(c2ccccc2)CC1. The number of aliphatic hydroxyl groups is 1. The van der Waals surface area contributed by atoms with E-state index in [2.05, 4.69) is 27.7 Å². The van der Waals surface area contributed by atoms with Crippen molar-refractivity contribution in [1.82, 2.24) is 10.6 Å². The summed E-state index contributed by atoms with van der Waals surface area (Å²) >= 11 is 0. The Morgan fingerprint density at radius 1 is 1.12 bits per heavy atom. The number of carbonyl (C=O) groups excluding carboxylic acids is 1. The predicted molar refractivity (Wildman–Crippen MR) is 99.6 cm³/mol. The van der Waals surface area contributed by atoms with Crippen molar-refractivity contribution in [1.29, 1.82) is 0 Å². The van der Waals surface area contributed by atoms with E-state index < -0.39 is 11.9 Å². The van der Waals surface area contributed by atoms with Gasteiger partial charge in [-0.1, -0.05) is 36.4 Å². The van der Waals surface area contributed by atoms with Crippen LogP contribution in [0.1, 0.15) is 24.5 Å². The van der Waals surface area contributed by atoms with Gasteiger partial charge in [-0.25, -0.2) is 9.18 Å². The van der Waals surface area contributed by atoms with E-state index in [1.165, 1.54) is 17.8 Å². The molecule has 3 rings (SSSR count). The van der Waals surface area contributed by atoms with Gasteiger partial charge in [-0.15, -0.1) is 0 Å². The summed E-state index contributed by atoms with van der Waals surface area (Å²) < 4.78 is 13.6. The van der Waals surface area contributed by atoms with Crippen LogP contribution in [0.2, 0.25) is 0 Å². The molecule has 1 atom stereocenters.